The molecule has 2 aromatic carbocycles. The van der Waals surface area contributed by atoms with Crippen molar-refractivity contribution in [2.24, 2.45) is 0 Å². The number of benzene rings is 2. The van der Waals surface area contributed by atoms with Gasteiger partial charge in [0.1, 0.15) is 5.69 Å². The molecule has 0 unspecified atom stereocenters. The van der Waals surface area contributed by atoms with Gasteiger partial charge in [0.05, 0.1) is 16.0 Å². The van der Waals surface area contributed by atoms with Crippen LogP contribution in [0.15, 0.2) is 41.2 Å². The van der Waals surface area contributed by atoms with Gasteiger partial charge in [0.2, 0.25) is 0 Å². The lowest BCUT2D eigenvalue weighted by molar-refractivity contribution is -0.383. The van der Waals surface area contributed by atoms with Crippen molar-refractivity contribution in [3.63, 3.8) is 0 Å². The first-order valence-corrected chi connectivity index (χ1v) is 9.43. The maximum atomic E-state index is 12.5. The predicted octanol–water partition coefficient (Wildman–Crippen LogP) is 3.61. The van der Waals surface area contributed by atoms with E-state index in [1.165, 1.54) is 21.3 Å². The lowest BCUT2D eigenvalue weighted by Gasteiger charge is -2.08. The number of imidazole rings is 1. The van der Waals surface area contributed by atoms with Crippen molar-refractivity contribution in [2.45, 2.75) is 26.9 Å². The summed E-state index contributed by atoms with van der Waals surface area (Å²) in [6.45, 7) is 4.45. The number of nitro groups is 1. The average molecular weight is 480 g/mol. The van der Waals surface area contributed by atoms with Gasteiger partial charge < -0.3 is 5.32 Å². The summed E-state index contributed by atoms with van der Waals surface area (Å²) in [7, 11) is 0. The molecule has 0 aliphatic heterocycles. The minimum Gasteiger partial charge on any atom is -0.316 e. The Morgan fingerprint density at radius 2 is 1.78 bits per heavy atom. The van der Waals surface area contributed by atoms with Crippen molar-refractivity contribution in [2.75, 3.05) is 5.32 Å². The van der Waals surface area contributed by atoms with Crippen LogP contribution in [0.25, 0.3) is 11.0 Å². The molecular weight excluding hydrogens is 463 g/mol. The standard InChI is InChI=1S/C18H17IN4O4/c1-3-21-15-9-13(20-17(24)11-6-5-7-12(19)8-11)14(23(26)27)10-16(15)22(4-2)18(21)25/h5-10H,3-4H2,1-2H3,(H,20,24). The smallest absolute Gasteiger partial charge is 0.316 e. The van der Waals surface area contributed by atoms with E-state index in [1.54, 1.807) is 25.1 Å². The molecule has 140 valence electrons. The molecule has 8 nitrogen and oxygen atoms in total. The maximum Gasteiger partial charge on any atom is 0.329 e. The number of rotatable bonds is 5. The van der Waals surface area contributed by atoms with Crippen LogP contribution in [0.1, 0.15) is 24.2 Å². The number of hydrogen-bond donors (Lipinski definition) is 1. The van der Waals surface area contributed by atoms with Gasteiger partial charge in [-0.15, -0.1) is 0 Å². The molecule has 27 heavy (non-hydrogen) atoms. The van der Waals surface area contributed by atoms with Crippen molar-refractivity contribution < 1.29 is 9.72 Å². The quantitative estimate of drug-likeness (QED) is 0.343. The van der Waals surface area contributed by atoms with Crippen molar-refractivity contribution in [3.8, 4) is 0 Å². The SMILES string of the molecule is CCn1c(=O)n(CC)c2cc([N+](=O)[O-])c(NC(=O)c3cccc(I)c3)cc21. The number of fused-ring (bicyclic) bond motifs is 1. The van der Waals surface area contributed by atoms with E-state index in [0.29, 0.717) is 29.7 Å². The Hall–Kier alpha value is -2.69. The van der Waals surface area contributed by atoms with Crippen LogP contribution < -0.4 is 11.0 Å². The Morgan fingerprint density at radius 3 is 2.33 bits per heavy atom. The first kappa shape index (κ1) is 19.1. The number of aromatic nitrogens is 2. The maximum absolute atomic E-state index is 12.5. The summed E-state index contributed by atoms with van der Waals surface area (Å²) in [5.74, 6) is -0.448. The first-order chi connectivity index (χ1) is 12.9. The zero-order valence-corrected chi connectivity index (χ0v) is 16.9. The van der Waals surface area contributed by atoms with E-state index in [4.69, 9.17) is 0 Å². The molecule has 0 aliphatic carbocycles. The van der Waals surface area contributed by atoms with Gasteiger partial charge in [-0.1, -0.05) is 6.07 Å². The molecule has 0 saturated carbocycles. The Balaban J connectivity index is 2.16. The number of anilines is 1. The zero-order valence-electron chi connectivity index (χ0n) is 14.7. The number of amides is 1. The number of nitrogens with zero attached hydrogens (tertiary/aromatic N) is 3. The second-order valence-corrected chi connectivity index (χ2v) is 7.10. The molecule has 1 amide bonds. The monoisotopic (exact) mass is 480 g/mol. The molecule has 0 aliphatic rings. The molecule has 0 atom stereocenters. The summed E-state index contributed by atoms with van der Waals surface area (Å²) >= 11 is 2.09. The third-order valence-corrected chi connectivity index (χ3v) is 4.97. The van der Waals surface area contributed by atoms with Crippen LogP contribution in [0.5, 0.6) is 0 Å². The summed E-state index contributed by atoms with van der Waals surface area (Å²) in [6, 6.07) is 9.75. The van der Waals surface area contributed by atoms with Crippen LogP contribution in [0, 0.1) is 13.7 Å². The molecule has 0 radical (unpaired) electrons. The van der Waals surface area contributed by atoms with Gasteiger partial charge in [-0.2, -0.15) is 0 Å². The van der Waals surface area contributed by atoms with Gasteiger partial charge in [-0.3, -0.25) is 24.0 Å². The van der Waals surface area contributed by atoms with Gasteiger partial charge in [-0.25, -0.2) is 4.79 Å². The van der Waals surface area contributed by atoms with Crippen LogP contribution >= 0.6 is 22.6 Å². The van der Waals surface area contributed by atoms with Crippen molar-refractivity contribution in [3.05, 3.63) is 66.1 Å². The Kier molecular flexibility index (Phi) is 5.31. The number of halogens is 1. The van der Waals surface area contributed by atoms with Crippen molar-refractivity contribution in [1.29, 1.82) is 0 Å². The summed E-state index contributed by atoms with van der Waals surface area (Å²) < 4.78 is 3.89. The lowest BCUT2D eigenvalue weighted by atomic mass is 10.2. The molecule has 1 aromatic heterocycles. The molecule has 0 saturated heterocycles. The molecule has 9 heteroatoms. The largest absolute Gasteiger partial charge is 0.329 e. The number of aryl methyl sites for hydroxylation is 2. The molecule has 3 rings (SSSR count). The summed E-state index contributed by atoms with van der Waals surface area (Å²) in [5.41, 5.74) is 1.00. The number of carbonyl (C=O) groups is 1. The second-order valence-electron chi connectivity index (χ2n) is 5.85. The second kappa shape index (κ2) is 7.51. The van der Waals surface area contributed by atoms with Gasteiger partial charge in [0.15, 0.2) is 0 Å². The molecular formula is C18H17IN4O4. The van der Waals surface area contributed by atoms with Crippen molar-refractivity contribution in [1.82, 2.24) is 9.13 Å². The van der Waals surface area contributed by atoms with Gasteiger partial charge in [-0.05, 0) is 60.7 Å². The predicted molar refractivity (Wildman–Crippen MR) is 111 cm³/mol. The highest BCUT2D eigenvalue weighted by Crippen LogP contribution is 2.30. The highest BCUT2D eigenvalue weighted by molar-refractivity contribution is 14.1. The van der Waals surface area contributed by atoms with E-state index in [2.05, 4.69) is 27.9 Å². The first-order valence-electron chi connectivity index (χ1n) is 8.35. The Bertz CT molecular complexity index is 1120. The number of nitrogens with one attached hydrogen (secondary N) is 1. The van der Waals surface area contributed by atoms with Gasteiger partial charge >= 0.3 is 5.69 Å². The van der Waals surface area contributed by atoms with E-state index < -0.39 is 10.8 Å². The summed E-state index contributed by atoms with van der Waals surface area (Å²) in [5, 5.41) is 14.2. The molecule has 0 fully saturated rings. The molecule has 1 heterocycles. The number of nitro benzene ring substituents is 1. The van der Waals surface area contributed by atoms with E-state index >= 15 is 0 Å². The van der Waals surface area contributed by atoms with E-state index in [0.717, 1.165) is 3.57 Å². The van der Waals surface area contributed by atoms with E-state index in [1.807, 2.05) is 13.0 Å². The molecule has 1 N–H and O–H groups in total. The fraction of sp³-hybridized carbons (Fsp3) is 0.222. The lowest BCUT2D eigenvalue weighted by Crippen LogP contribution is -2.23. The van der Waals surface area contributed by atoms with Gasteiger partial charge in [0, 0.05) is 28.3 Å². The minimum atomic E-state index is -0.558. The third kappa shape index (κ3) is 3.46. The van der Waals surface area contributed by atoms with Crippen LogP contribution in [0.2, 0.25) is 0 Å². The van der Waals surface area contributed by atoms with Crippen molar-refractivity contribution >= 4 is 50.9 Å². The average Bonchev–Trinajstić information content (AvgIpc) is 2.90. The minimum absolute atomic E-state index is 0.0619. The number of hydrogen-bond acceptors (Lipinski definition) is 4. The summed E-state index contributed by atoms with van der Waals surface area (Å²) in [6.07, 6.45) is 0. The van der Waals surface area contributed by atoms with Crippen LogP contribution in [0.3, 0.4) is 0 Å². The normalized spacial score (nSPS) is 10.9. The van der Waals surface area contributed by atoms with E-state index in [-0.39, 0.29) is 17.1 Å². The van der Waals surface area contributed by atoms with Gasteiger partial charge in [0.25, 0.3) is 11.6 Å². The van der Waals surface area contributed by atoms with Crippen LogP contribution in [0.4, 0.5) is 11.4 Å². The Labute approximate surface area is 168 Å². The Morgan fingerprint density at radius 1 is 1.15 bits per heavy atom. The highest BCUT2D eigenvalue weighted by atomic mass is 127. The summed E-state index contributed by atoms with van der Waals surface area (Å²) in [4.78, 5) is 36.0. The number of carbonyl (C=O) groups excluding carboxylic acids is 1. The zero-order chi connectivity index (χ0) is 19.7. The highest BCUT2D eigenvalue weighted by Gasteiger charge is 2.22. The topological polar surface area (TPSA) is 99.2 Å². The molecule has 3 aromatic rings. The van der Waals surface area contributed by atoms with Crippen LogP contribution in [-0.4, -0.2) is 20.0 Å². The van der Waals surface area contributed by atoms with Crippen LogP contribution in [-0.2, 0) is 13.1 Å². The molecule has 0 spiro atoms. The fourth-order valence-electron chi connectivity index (χ4n) is 3.04. The fourth-order valence-corrected chi connectivity index (χ4v) is 3.58. The molecule has 0 bridgehead atoms. The van der Waals surface area contributed by atoms with E-state index in [9.17, 15) is 19.7 Å². The third-order valence-electron chi connectivity index (χ3n) is 4.30.